The van der Waals surface area contributed by atoms with E-state index in [9.17, 15) is 9.90 Å². The van der Waals surface area contributed by atoms with E-state index in [2.05, 4.69) is 48.5 Å². The first-order valence-electron chi connectivity index (χ1n) is 12.1. The number of aliphatic hydroxyl groups excluding tert-OH is 1. The van der Waals surface area contributed by atoms with Crippen molar-refractivity contribution in [2.24, 2.45) is 0 Å². The summed E-state index contributed by atoms with van der Waals surface area (Å²) in [6.45, 7) is 9.47. The van der Waals surface area contributed by atoms with Gasteiger partial charge in [-0.3, -0.25) is 9.69 Å². The number of benzene rings is 1. The van der Waals surface area contributed by atoms with Crippen molar-refractivity contribution in [1.82, 2.24) is 14.9 Å². The van der Waals surface area contributed by atoms with Crippen molar-refractivity contribution in [1.29, 1.82) is 0 Å². The Balaban J connectivity index is 1.60. The van der Waals surface area contributed by atoms with Gasteiger partial charge in [0.05, 0.1) is 31.2 Å². The predicted molar refractivity (Wildman–Crippen MR) is 139 cm³/mol. The maximum atomic E-state index is 13.2. The van der Waals surface area contributed by atoms with E-state index in [4.69, 9.17) is 9.72 Å². The third-order valence-electron chi connectivity index (χ3n) is 6.61. The summed E-state index contributed by atoms with van der Waals surface area (Å²) >= 11 is 1.51. The standard InChI is InChI=1S/C27H35N3O3S/c1-4-12-33-16-21(31)14-30(20-8-6-5-7-9-20)15-24-28-26(32)25-23(17-34-27(25)29-24)22-13-18(2)10-11-19(22)3/h4,10-11,13,17,20-21,31H,1,5-9,12,14-16H2,2-3H3,(H,28,29,32). The first-order valence-corrected chi connectivity index (χ1v) is 13.0. The minimum Gasteiger partial charge on any atom is -0.389 e. The summed E-state index contributed by atoms with van der Waals surface area (Å²) in [4.78, 5) is 24.1. The van der Waals surface area contributed by atoms with Crippen LogP contribution in [0.2, 0.25) is 0 Å². The highest BCUT2D eigenvalue weighted by Gasteiger charge is 2.25. The molecule has 0 aliphatic heterocycles. The molecule has 6 nitrogen and oxygen atoms in total. The number of aromatic nitrogens is 2. The van der Waals surface area contributed by atoms with Crippen molar-refractivity contribution in [2.45, 2.75) is 64.6 Å². The van der Waals surface area contributed by atoms with Gasteiger partial charge in [-0.2, -0.15) is 0 Å². The Labute approximate surface area is 205 Å². The number of H-pyrrole nitrogens is 1. The van der Waals surface area contributed by atoms with Crippen molar-refractivity contribution in [3.05, 3.63) is 63.5 Å². The van der Waals surface area contributed by atoms with E-state index in [1.807, 2.05) is 5.38 Å². The largest absolute Gasteiger partial charge is 0.389 e. The number of thiophene rings is 1. The van der Waals surface area contributed by atoms with Crippen LogP contribution < -0.4 is 5.56 Å². The first-order chi connectivity index (χ1) is 16.5. The number of fused-ring (bicyclic) bond motifs is 1. The molecule has 4 rings (SSSR count). The number of hydrogen-bond donors (Lipinski definition) is 2. The van der Waals surface area contributed by atoms with Gasteiger partial charge in [-0.15, -0.1) is 17.9 Å². The highest BCUT2D eigenvalue weighted by Crippen LogP contribution is 2.33. The Morgan fingerprint density at radius 2 is 2.09 bits per heavy atom. The van der Waals surface area contributed by atoms with Gasteiger partial charge in [-0.25, -0.2) is 4.98 Å². The van der Waals surface area contributed by atoms with Gasteiger partial charge in [0.25, 0.3) is 5.56 Å². The summed E-state index contributed by atoms with van der Waals surface area (Å²) in [5.74, 6) is 0.650. The zero-order valence-electron chi connectivity index (χ0n) is 20.2. The van der Waals surface area contributed by atoms with Gasteiger partial charge in [-0.1, -0.05) is 49.1 Å². The average molecular weight is 482 g/mol. The highest BCUT2D eigenvalue weighted by atomic mass is 32.1. The molecule has 2 aromatic heterocycles. The topological polar surface area (TPSA) is 78.5 Å². The Morgan fingerprint density at radius 3 is 2.85 bits per heavy atom. The van der Waals surface area contributed by atoms with Gasteiger partial charge >= 0.3 is 0 Å². The maximum absolute atomic E-state index is 13.2. The number of aliphatic hydroxyl groups is 1. The normalized spacial score (nSPS) is 15.8. The molecule has 182 valence electrons. The van der Waals surface area contributed by atoms with E-state index in [1.165, 1.54) is 36.2 Å². The van der Waals surface area contributed by atoms with E-state index in [0.717, 1.165) is 34.4 Å². The van der Waals surface area contributed by atoms with Crippen LogP contribution in [0.15, 0.2) is 41.0 Å². The number of aryl methyl sites for hydroxylation is 2. The van der Waals surface area contributed by atoms with Crippen molar-refractivity contribution in [2.75, 3.05) is 19.8 Å². The minimum atomic E-state index is -0.602. The number of nitrogens with one attached hydrogen (secondary N) is 1. The maximum Gasteiger partial charge on any atom is 0.260 e. The lowest BCUT2D eigenvalue weighted by atomic mass is 9.94. The van der Waals surface area contributed by atoms with E-state index in [1.54, 1.807) is 6.08 Å². The number of hydrogen-bond acceptors (Lipinski definition) is 6. The van der Waals surface area contributed by atoms with Gasteiger partial charge in [0.2, 0.25) is 0 Å². The second kappa shape index (κ2) is 11.4. The fourth-order valence-corrected chi connectivity index (χ4v) is 5.84. The van der Waals surface area contributed by atoms with Crippen LogP contribution in [0.1, 0.15) is 49.1 Å². The molecule has 1 aliphatic rings. The molecule has 7 heteroatoms. The van der Waals surface area contributed by atoms with E-state index >= 15 is 0 Å². The summed E-state index contributed by atoms with van der Waals surface area (Å²) in [6.07, 6.45) is 6.92. The van der Waals surface area contributed by atoms with Crippen molar-refractivity contribution in [3.8, 4) is 11.1 Å². The molecule has 1 fully saturated rings. The summed E-state index contributed by atoms with van der Waals surface area (Å²) < 4.78 is 5.46. The molecule has 2 N–H and O–H groups in total. The smallest absolute Gasteiger partial charge is 0.260 e. The number of rotatable bonds is 10. The molecule has 2 heterocycles. The molecular weight excluding hydrogens is 446 g/mol. The van der Waals surface area contributed by atoms with Crippen molar-refractivity contribution >= 4 is 21.6 Å². The second-order valence-electron chi connectivity index (χ2n) is 9.36. The molecule has 1 atom stereocenters. The van der Waals surface area contributed by atoms with Crippen LogP contribution in [0.25, 0.3) is 21.3 Å². The van der Waals surface area contributed by atoms with Crippen molar-refractivity contribution < 1.29 is 9.84 Å². The first kappa shape index (κ1) is 24.8. The van der Waals surface area contributed by atoms with Gasteiger partial charge in [-0.05, 0) is 37.8 Å². The monoisotopic (exact) mass is 481 g/mol. The predicted octanol–water partition coefficient (Wildman–Crippen LogP) is 4.97. The van der Waals surface area contributed by atoms with E-state index < -0.39 is 6.10 Å². The second-order valence-corrected chi connectivity index (χ2v) is 10.2. The van der Waals surface area contributed by atoms with E-state index in [0.29, 0.717) is 36.9 Å². The molecular formula is C27H35N3O3S. The highest BCUT2D eigenvalue weighted by molar-refractivity contribution is 7.17. The quantitative estimate of drug-likeness (QED) is 0.316. The Kier molecular flexibility index (Phi) is 8.32. The molecule has 1 aromatic carbocycles. The summed E-state index contributed by atoms with van der Waals surface area (Å²) in [7, 11) is 0. The third-order valence-corrected chi connectivity index (χ3v) is 7.48. The van der Waals surface area contributed by atoms with Crippen LogP contribution >= 0.6 is 11.3 Å². The van der Waals surface area contributed by atoms with Crippen LogP contribution in [-0.2, 0) is 11.3 Å². The molecule has 0 saturated heterocycles. The fraction of sp³-hybridized carbons (Fsp3) is 0.481. The van der Waals surface area contributed by atoms with E-state index in [-0.39, 0.29) is 12.2 Å². The molecule has 1 unspecified atom stereocenters. The minimum absolute atomic E-state index is 0.101. The Bertz CT molecular complexity index is 1180. The summed E-state index contributed by atoms with van der Waals surface area (Å²) in [5, 5.41) is 13.3. The van der Waals surface area contributed by atoms with Crippen LogP contribution in [0.3, 0.4) is 0 Å². The number of nitrogens with zero attached hydrogens (tertiary/aromatic N) is 2. The molecule has 0 radical (unpaired) electrons. The Morgan fingerprint density at radius 1 is 1.29 bits per heavy atom. The lowest BCUT2D eigenvalue weighted by molar-refractivity contribution is 0.00880. The van der Waals surface area contributed by atoms with Crippen LogP contribution in [0.5, 0.6) is 0 Å². The number of aromatic amines is 1. The molecule has 0 bridgehead atoms. The lowest BCUT2D eigenvalue weighted by Crippen LogP contribution is -2.43. The van der Waals surface area contributed by atoms with Crippen molar-refractivity contribution in [3.63, 3.8) is 0 Å². The SMILES string of the molecule is C=CCOCC(O)CN(Cc1nc2scc(-c3cc(C)ccc3C)c2c(=O)[nH]1)C1CCCCC1. The number of ether oxygens (including phenoxy) is 1. The molecule has 3 aromatic rings. The van der Waals surface area contributed by atoms with Gasteiger partial charge in [0, 0.05) is 23.5 Å². The average Bonchev–Trinajstić information content (AvgIpc) is 3.25. The molecule has 0 amide bonds. The van der Waals surface area contributed by atoms with Crippen LogP contribution in [0, 0.1) is 13.8 Å². The molecule has 1 saturated carbocycles. The van der Waals surface area contributed by atoms with Gasteiger partial charge in [0.1, 0.15) is 10.7 Å². The fourth-order valence-electron chi connectivity index (χ4n) is 4.88. The molecule has 34 heavy (non-hydrogen) atoms. The summed E-state index contributed by atoms with van der Waals surface area (Å²) in [5.41, 5.74) is 4.23. The van der Waals surface area contributed by atoms with Crippen LogP contribution in [-0.4, -0.2) is 51.9 Å². The Hall–Kier alpha value is -2.32. The molecule has 0 spiro atoms. The zero-order chi connectivity index (χ0) is 24.1. The van der Waals surface area contributed by atoms with Gasteiger partial charge in [0.15, 0.2) is 0 Å². The summed E-state index contributed by atoms with van der Waals surface area (Å²) in [6, 6.07) is 6.68. The molecule has 1 aliphatic carbocycles. The third kappa shape index (κ3) is 5.84. The lowest BCUT2D eigenvalue weighted by Gasteiger charge is -2.35. The zero-order valence-corrected chi connectivity index (χ0v) is 21.0. The van der Waals surface area contributed by atoms with Gasteiger partial charge < -0.3 is 14.8 Å². The van der Waals surface area contributed by atoms with Crippen LogP contribution in [0.4, 0.5) is 0 Å².